The summed E-state index contributed by atoms with van der Waals surface area (Å²) in [6, 6.07) is 0. The molecule has 1 fully saturated rings. The zero-order valence-electron chi connectivity index (χ0n) is 10.0. The highest BCUT2D eigenvalue weighted by Crippen LogP contribution is 1.99. The van der Waals surface area contributed by atoms with Gasteiger partial charge in [-0.15, -0.1) is 0 Å². The molecule has 1 rings (SSSR count). The van der Waals surface area contributed by atoms with Crippen molar-refractivity contribution in [1.82, 2.24) is 10.2 Å². The summed E-state index contributed by atoms with van der Waals surface area (Å²) in [5.41, 5.74) is 0. The van der Waals surface area contributed by atoms with Crippen molar-refractivity contribution in [3.63, 3.8) is 0 Å². The maximum Gasteiger partial charge on any atom is 0.452 e. The second-order valence-electron chi connectivity index (χ2n) is 3.38. The van der Waals surface area contributed by atoms with E-state index in [4.69, 9.17) is 4.74 Å². The second kappa shape index (κ2) is 7.69. The first-order valence-electron chi connectivity index (χ1n) is 5.54. The third-order valence-electron chi connectivity index (χ3n) is 2.16. The highest BCUT2D eigenvalue weighted by molar-refractivity contribution is 5.73. The molecule has 9 nitrogen and oxygen atoms in total. The molecule has 102 valence electrons. The first-order chi connectivity index (χ1) is 8.63. The Balaban J connectivity index is 2.15. The topological polar surface area (TPSA) is 113 Å². The summed E-state index contributed by atoms with van der Waals surface area (Å²) in [5.74, 6) is 0. The van der Waals surface area contributed by atoms with Gasteiger partial charge in [-0.25, -0.2) is 9.59 Å². The lowest BCUT2D eigenvalue weighted by Crippen LogP contribution is -2.37. The Morgan fingerprint density at radius 3 is 2.61 bits per heavy atom. The molecule has 0 radical (unpaired) electrons. The number of amides is 2. The van der Waals surface area contributed by atoms with Gasteiger partial charge in [0.05, 0.1) is 6.61 Å². The van der Waals surface area contributed by atoms with Gasteiger partial charge in [-0.2, -0.15) is 0 Å². The molecule has 0 aliphatic carbocycles. The minimum Gasteiger partial charge on any atom is -0.447 e. The second-order valence-corrected chi connectivity index (χ2v) is 3.38. The van der Waals surface area contributed by atoms with Gasteiger partial charge >= 0.3 is 12.2 Å². The van der Waals surface area contributed by atoms with Crippen LogP contribution in [0.25, 0.3) is 0 Å². The summed E-state index contributed by atoms with van der Waals surface area (Å²) in [4.78, 5) is 23.4. The van der Waals surface area contributed by atoms with E-state index in [9.17, 15) is 14.7 Å². The van der Waals surface area contributed by atoms with Crippen LogP contribution in [0.4, 0.5) is 9.59 Å². The average molecular weight is 260 g/mol. The van der Waals surface area contributed by atoms with Gasteiger partial charge in [0.2, 0.25) is 0 Å². The van der Waals surface area contributed by atoms with Gasteiger partial charge < -0.3 is 14.6 Å². The van der Waals surface area contributed by atoms with E-state index in [1.807, 2.05) is 0 Å². The fourth-order valence-corrected chi connectivity index (χ4v) is 1.34. The molecule has 0 saturated carbocycles. The molecule has 1 saturated heterocycles. The Morgan fingerprint density at radius 2 is 2.06 bits per heavy atom. The maximum absolute atomic E-state index is 11.0. The van der Waals surface area contributed by atoms with E-state index in [1.54, 1.807) is 11.8 Å². The number of azo groups is 1. The summed E-state index contributed by atoms with van der Waals surface area (Å²) < 4.78 is 9.13. The number of carbonyl (C=O) groups excluding carboxylic acids is 2. The molecule has 2 amide bonds. The monoisotopic (exact) mass is 260 g/mol. The van der Waals surface area contributed by atoms with E-state index in [0.29, 0.717) is 19.6 Å². The summed E-state index contributed by atoms with van der Waals surface area (Å²) >= 11 is 0. The number of rotatable bonds is 4. The van der Waals surface area contributed by atoms with Crippen LogP contribution in [0.15, 0.2) is 10.2 Å². The average Bonchev–Trinajstić information content (AvgIpc) is 2.73. The van der Waals surface area contributed by atoms with E-state index < -0.39 is 18.5 Å². The number of aliphatic hydroxyl groups is 1. The molecule has 1 aliphatic rings. The molecule has 1 unspecified atom stereocenters. The molecule has 0 aromatic heterocycles. The maximum atomic E-state index is 11.0. The lowest BCUT2D eigenvalue weighted by atomic mass is 10.5. The van der Waals surface area contributed by atoms with Crippen molar-refractivity contribution in [1.29, 1.82) is 0 Å². The molecule has 0 aromatic carbocycles. The van der Waals surface area contributed by atoms with E-state index in [2.05, 4.69) is 20.3 Å². The van der Waals surface area contributed by atoms with E-state index in [-0.39, 0.29) is 13.2 Å². The molecule has 18 heavy (non-hydrogen) atoms. The number of nitrogens with one attached hydrogen (secondary N) is 1. The molecular weight excluding hydrogens is 244 g/mol. The first-order valence-corrected chi connectivity index (χ1v) is 5.54. The van der Waals surface area contributed by atoms with Crippen molar-refractivity contribution in [2.45, 2.75) is 13.3 Å². The lowest BCUT2D eigenvalue weighted by molar-refractivity contribution is 0.0109. The zero-order valence-corrected chi connectivity index (χ0v) is 10.0. The fourth-order valence-electron chi connectivity index (χ4n) is 1.34. The number of carbonyl (C=O) groups is 2. The molecule has 0 spiro atoms. The van der Waals surface area contributed by atoms with Crippen LogP contribution in [0.1, 0.15) is 6.92 Å². The Hall–Kier alpha value is -1.58. The minimum absolute atomic E-state index is 0.0550. The Labute approximate surface area is 104 Å². The number of hydrogen-bond donors (Lipinski definition) is 2. The molecule has 2 N–H and O–H groups in total. The van der Waals surface area contributed by atoms with Gasteiger partial charge in [-0.3, -0.25) is 10.2 Å². The van der Waals surface area contributed by atoms with Gasteiger partial charge in [-0.05, 0) is 6.92 Å². The van der Waals surface area contributed by atoms with Crippen molar-refractivity contribution in [2.75, 3.05) is 32.8 Å². The smallest absolute Gasteiger partial charge is 0.447 e. The molecule has 1 heterocycles. The van der Waals surface area contributed by atoms with Crippen molar-refractivity contribution >= 4 is 12.2 Å². The summed E-state index contributed by atoms with van der Waals surface area (Å²) in [6.45, 7) is 3.54. The summed E-state index contributed by atoms with van der Waals surface area (Å²) in [5, 5.41) is 18.2. The van der Waals surface area contributed by atoms with Crippen LogP contribution in [-0.2, 0) is 9.47 Å². The predicted molar refractivity (Wildman–Crippen MR) is 58.8 cm³/mol. The van der Waals surface area contributed by atoms with Gasteiger partial charge in [0.15, 0.2) is 6.35 Å². The van der Waals surface area contributed by atoms with Crippen LogP contribution >= 0.6 is 0 Å². The quantitative estimate of drug-likeness (QED) is 0.679. The Kier molecular flexibility index (Phi) is 6.19. The zero-order chi connectivity index (χ0) is 13.4. The van der Waals surface area contributed by atoms with Crippen molar-refractivity contribution in [3.8, 4) is 0 Å². The summed E-state index contributed by atoms with van der Waals surface area (Å²) in [6.07, 6.45) is -2.62. The number of aliphatic hydroxyl groups excluding tert-OH is 1. The Bertz CT molecular complexity index is 322. The summed E-state index contributed by atoms with van der Waals surface area (Å²) in [7, 11) is 0. The molecule has 1 atom stereocenters. The van der Waals surface area contributed by atoms with Crippen molar-refractivity contribution in [2.24, 2.45) is 10.2 Å². The molecule has 9 heteroatoms. The first kappa shape index (κ1) is 14.5. The van der Waals surface area contributed by atoms with Gasteiger partial charge in [0.1, 0.15) is 6.61 Å². The number of hydrogen-bond acceptors (Lipinski definition) is 7. The minimum atomic E-state index is -0.968. The van der Waals surface area contributed by atoms with Crippen molar-refractivity contribution in [3.05, 3.63) is 0 Å². The van der Waals surface area contributed by atoms with Crippen molar-refractivity contribution < 1.29 is 24.2 Å². The highest BCUT2D eigenvalue weighted by atomic mass is 16.6. The van der Waals surface area contributed by atoms with Crippen LogP contribution < -0.4 is 5.32 Å². The van der Waals surface area contributed by atoms with Crippen LogP contribution in [0, 0.1) is 0 Å². The Morgan fingerprint density at radius 1 is 1.39 bits per heavy atom. The van der Waals surface area contributed by atoms with E-state index >= 15 is 0 Å². The normalized spacial score (nSPS) is 20.2. The van der Waals surface area contributed by atoms with Crippen LogP contribution in [-0.4, -0.2) is 61.4 Å². The third kappa shape index (κ3) is 5.17. The lowest BCUT2D eigenvalue weighted by Gasteiger charge is -2.17. The largest absolute Gasteiger partial charge is 0.452 e. The van der Waals surface area contributed by atoms with Gasteiger partial charge in [-0.1, -0.05) is 10.2 Å². The fraction of sp³-hybridized carbons (Fsp3) is 0.778. The van der Waals surface area contributed by atoms with Crippen LogP contribution in [0.3, 0.4) is 0 Å². The van der Waals surface area contributed by atoms with E-state index in [1.165, 1.54) is 0 Å². The standard InChI is InChI=1S/C9H16N4O5/c1-2-17-8(15)11-12-9(16)18-6-5-13-4-3-10-7(13)14/h7,10,14H,2-6H2,1H3. The molecule has 0 aromatic rings. The number of ether oxygens (including phenoxy) is 2. The molecule has 1 aliphatic heterocycles. The SMILES string of the molecule is CCOC(=O)N=NC(=O)OCCN1CCNC1O. The van der Waals surface area contributed by atoms with Gasteiger partial charge in [0.25, 0.3) is 0 Å². The number of nitrogens with zero attached hydrogens (tertiary/aromatic N) is 3. The van der Waals surface area contributed by atoms with Crippen LogP contribution in [0.5, 0.6) is 0 Å². The highest BCUT2D eigenvalue weighted by Gasteiger charge is 2.20. The van der Waals surface area contributed by atoms with E-state index in [0.717, 1.165) is 0 Å². The van der Waals surface area contributed by atoms with Crippen LogP contribution in [0.2, 0.25) is 0 Å². The molecule has 0 bridgehead atoms. The third-order valence-corrected chi connectivity index (χ3v) is 2.16. The molecular formula is C9H16N4O5. The predicted octanol–water partition coefficient (Wildman–Crippen LogP) is -0.0872. The van der Waals surface area contributed by atoms with Gasteiger partial charge in [0, 0.05) is 19.6 Å².